The maximum Gasteiger partial charge on any atom is 0.0516 e. The van der Waals surface area contributed by atoms with Crippen molar-refractivity contribution < 1.29 is 0 Å². The van der Waals surface area contributed by atoms with Crippen molar-refractivity contribution in [2.75, 3.05) is 0 Å². The Morgan fingerprint density at radius 1 is 0.471 bits per heavy atom. The first-order chi connectivity index (χ1) is 16.9. The lowest BCUT2D eigenvalue weighted by molar-refractivity contribution is 0.537. The molecule has 0 saturated carbocycles. The van der Waals surface area contributed by atoms with E-state index in [0.717, 1.165) is 0 Å². The van der Waals surface area contributed by atoms with E-state index in [2.05, 4.69) is 97.1 Å². The Morgan fingerprint density at radius 3 is 1.79 bits per heavy atom. The molecule has 4 unspecified atom stereocenters. The Balaban J connectivity index is 1.37. The van der Waals surface area contributed by atoms with E-state index in [-0.39, 0.29) is 10.8 Å². The topological polar surface area (TPSA) is 0 Å². The van der Waals surface area contributed by atoms with Gasteiger partial charge in [-0.15, -0.1) is 0 Å². The van der Waals surface area contributed by atoms with Gasteiger partial charge in [0.1, 0.15) is 0 Å². The highest BCUT2D eigenvalue weighted by molar-refractivity contribution is 6.23. The van der Waals surface area contributed by atoms with Gasteiger partial charge in [-0.25, -0.2) is 0 Å². The molecule has 34 heavy (non-hydrogen) atoms. The van der Waals surface area contributed by atoms with Crippen LogP contribution in [0.1, 0.15) is 67.5 Å². The molecular weight excluding hydrogens is 408 g/mol. The molecular formula is C34H18. The first kappa shape index (κ1) is 15.9. The molecule has 0 heterocycles. The maximum atomic E-state index is 2.60. The van der Waals surface area contributed by atoms with E-state index in [4.69, 9.17) is 0 Å². The maximum absolute atomic E-state index is 2.60. The molecule has 0 aromatic heterocycles. The quantitative estimate of drug-likeness (QED) is 0.224. The Hall–Kier alpha value is -3.90. The predicted molar refractivity (Wildman–Crippen MR) is 138 cm³/mol. The second-order valence-corrected chi connectivity index (χ2v) is 11.2. The van der Waals surface area contributed by atoms with Gasteiger partial charge >= 0.3 is 0 Å². The number of benzene rings is 5. The summed E-state index contributed by atoms with van der Waals surface area (Å²) in [5.74, 6) is 0.925. The first-order valence-electron chi connectivity index (χ1n) is 12.5. The Morgan fingerprint density at radius 2 is 1.06 bits per heavy atom. The third-order valence-corrected chi connectivity index (χ3v) is 10.3. The fraction of sp³-hybridized carbons (Fsp3) is 0.118. The largest absolute Gasteiger partial charge is 0.0680 e. The molecule has 0 radical (unpaired) electrons. The molecule has 0 amide bonds. The van der Waals surface area contributed by atoms with E-state index < -0.39 is 0 Å². The van der Waals surface area contributed by atoms with Crippen molar-refractivity contribution in [3.8, 4) is 0 Å². The Kier molecular flexibility index (Phi) is 2.06. The molecule has 6 bridgehead atoms. The highest BCUT2D eigenvalue weighted by Gasteiger charge is 2.74. The monoisotopic (exact) mass is 426 g/mol. The molecule has 7 aliphatic rings. The summed E-state index contributed by atoms with van der Waals surface area (Å²) in [5.41, 5.74) is 15.9. The molecule has 5 aromatic carbocycles. The van der Waals surface area contributed by atoms with Gasteiger partial charge in [-0.2, -0.15) is 0 Å². The third-order valence-electron chi connectivity index (χ3n) is 10.3. The van der Waals surface area contributed by atoms with E-state index >= 15 is 0 Å². The average Bonchev–Trinajstić information content (AvgIpc) is 3.29. The third kappa shape index (κ3) is 1.20. The lowest BCUT2D eigenvalue weighted by Gasteiger charge is -2.46. The van der Waals surface area contributed by atoms with Crippen LogP contribution in [0.25, 0.3) is 33.7 Å². The smallest absolute Gasteiger partial charge is 0.0516 e. The van der Waals surface area contributed by atoms with Crippen molar-refractivity contribution in [1.29, 1.82) is 0 Å². The summed E-state index contributed by atoms with van der Waals surface area (Å²) in [6.07, 6.45) is 9.97. The second kappa shape index (κ2) is 4.42. The normalized spacial score (nSPS) is 29.8. The van der Waals surface area contributed by atoms with Gasteiger partial charge in [0, 0.05) is 11.8 Å². The summed E-state index contributed by atoms with van der Waals surface area (Å²) in [7, 11) is 0. The van der Waals surface area contributed by atoms with E-state index in [1.54, 1.807) is 44.2 Å². The van der Waals surface area contributed by atoms with Gasteiger partial charge in [-0.1, -0.05) is 97.1 Å². The molecule has 0 aliphatic heterocycles. The molecule has 0 heteroatoms. The van der Waals surface area contributed by atoms with E-state index in [0.29, 0.717) is 11.8 Å². The van der Waals surface area contributed by atoms with Crippen LogP contribution >= 0.6 is 0 Å². The van der Waals surface area contributed by atoms with Crippen LogP contribution in [0, 0.1) is 0 Å². The van der Waals surface area contributed by atoms with Crippen LogP contribution in [-0.4, -0.2) is 0 Å². The van der Waals surface area contributed by atoms with Crippen LogP contribution in [0.4, 0.5) is 0 Å². The number of rotatable bonds is 0. The molecule has 4 atom stereocenters. The van der Waals surface area contributed by atoms with E-state index in [1.165, 1.54) is 33.0 Å². The number of hydrogen-bond donors (Lipinski definition) is 0. The zero-order valence-electron chi connectivity index (χ0n) is 18.4. The summed E-state index contributed by atoms with van der Waals surface area (Å²) in [5, 5.41) is 6.21. The summed E-state index contributed by atoms with van der Waals surface area (Å²) < 4.78 is 0. The second-order valence-electron chi connectivity index (χ2n) is 11.2. The van der Waals surface area contributed by atoms with Crippen molar-refractivity contribution in [3.05, 3.63) is 141 Å². The average molecular weight is 427 g/mol. The number of hydrogen-bond acceptors (Lipinski definition) is 0. The minimum Gasteiger partial charge on any atom is -0.0680 e. The molecule has 154 valence electrons. The van der Waals surface area contributed by atoms with Crippen LogP contribution in [-0.2, 0) is 10.8 Å². The molecule has 12 rings (SSSR count). The van der Waals surface area contributed by atoms with E-state index in [9.17, 15) is 0 Å². The summed E-state index contributed by atoms with van der Waals surface area (Å²) in [4.78, 5) is 0. The zero-order chi connectivity index (χ0) is 21.6. The van der Waals surface area contributed by atoms with Gasteiger partial charge in [0.05, 0.1) is 10.8 Å². The van der Waals surface area contributed by atoms with Gasteiger partial charge < -0.3 is 0 Å². The van der Waals surface area contributed by atoms with Gasteiger partial charge in [0.2, 0.25) is 0 Å². The fourth-order valence-corrected chi connectivity index (χ4v) is 9.38. The summed E-state index contributed by atoms with van der Waals surface area (Å²) >= 11 is 0. The van der Waals surface area contributed by atoms with Crippen LogP contribution in [0.15, 0.2) is 84.9 Å². The van der Waals surface area contributed by atoms with Crippen LogP contribution < -0.4 is 0 Å². The van der Waals surface area contributed by atoms with Gasteiger partial charge in [0.25, 0.3) is 0 Å². The lowest BCUT2D eigenvalue weighted by atomic mass is 9.55. The summed E-state index contributed by atoms with van der Waals surface area (Å²) in [6, 6.07) is 27.5. The number of fused-ring (bicyclic) bond motifs is 4. The number of allylic oxidation sites excluding steroid dienone is 2. The minimum atomic E-state index is -0.0201. The molecule has 0 fully saturated rings. The van der Waals surface area contributed by atoms with Gasteiger partial charge in [-0.05, 0) is 77.2 Å². The highest BCUT2D eigenvalue weighted by atomic mass is 14.7. The van der Waals surface area contributed by atoms with Crippen molar-refractivity contribution in [3.63, 3.8) is 0 Å². The van der Waals surface area contributed by atoms with Crippen LogP contribution in [0.2, 0.25) is 0 Å². The lowest BCUT2D eigenvalue weighted by Crippen LogP contribution is -2.39. The van der Waals surface area contributed by atoms with Gasteiger partial charge in [0.15, 0.2) is 0 Å². The minimum absolute atomic E-state index is 0.0201. The molecule has 0 saturated heterocycles. The predicted octanol–water partition coefficient (Wildman–Crippen LogP) is 7.54. The SMILES string of the molecule is C1=CC23c4c(c5c6c7c8ccccc8c(c6c42)C52C=Cc4ccccc4C72)C3c2ccccc21. The van der Waals surface area contributed by atoms with Crippen molar-refractivity contribution in [2.24, 2.45) is 0 Å². The van der Waals surface area contributed by atoms with Crippen molar-refractivity contribution >= 4 is 33.7 Å². The molecule has 5 aromatic rings. The van der Waals surface area contributed by atoms with E-state index in [1.807, 2.05) is 0 Å². The fourth-order valence-electron chi connectivity index (χ4n) is 9.38. The molecule has 2 spiro atoms. The molecule has 0 nitrogen and oxygen atoms in total. The Bertz CT molecular complexity index is 1980. The van der Waals surface area contributed by atoms with Crippen LogP contribution in [0.3, 0.4) is 0 Å². The standard InChI is InChI=1S/C34H18/c1-3-9-19-17(7-1)13-15-33-27(19)23-21-11-5-6-12-22(21)29(33)25-24(23)30(33)26-28-20-10-4-2-8-18(20)14-16-34(28)31(25)32(26)34/h1-16,27-28H. The van der Waals surface area contributed by atoms with Crippen molar-refractivity contribution in [1.82, 2.24) is 0 Å². The van der Waals surface area contributed by atoms with Crippen molar-refractivity contribution in [2.45, 2.75) is 22.7 Å². The summed E-state index contributed by atoms with van der Waals surface area (Å²) in [6.45, 7) is 0. The van der Waals surface area contributed by atoms with Crippen LogP contribution in [0.5, 0.6) is 0 Å². The molecule has 7 aliphatic carbocycles. The first-order valence-corrected chi connectivity index (χ1v) is 12.5. The molecule has 0 N–H and O–H groups in total. The highest BCUT2D eigenvalue weighted by Crippen LogP contribution is 2.83. The van der Waals surface area contributed by atoms with Gasteiger partial charge in [-0.3, -0.25) is 0 Å². The Labute approximate surface area is 196 Å². The zero-order valence-corrected chi connectivity index (χ0v) is 18.4.